The molecule has 0 saturated heterocycles. The van der Waals surface area contributed by atoms with Crippen LogP contribution in [0.3, 0.4) is 0 Å². The number of hydrazine groups is 1. The third-order valence-electron chi connectivity index (χ3n) is 2.71. The summed E-state index contributed by atoms with van der Waals surface area (Å²) < 4.78 is 13.1. The highest BCUT2D eigenvalue weighted by Crippen LogP contribution is 2.24. The Hall–Kier alpha value is -1.43. The summed E-state index contributed by atoms with van der Waals surface area (Å²) in [5, 5.41) is 0. The van der Waals surface area contributed by atoms with E-state index in [4.69, 9.17) is 5.84 Å². The second-order valence-corrected chi connectivity index (χ2v) is 5.38. The zero-order valence-electron chi connectivity index (χ0n) is 10.6. The molecule has 5 heteroatoms. The van der Waals surface area contributed by atoms with Crippen molar-refractivity contribution in [1.82, 2.24) is 10.4 Å². The van der Waals surface area contributed by atoms with E-state index in [1.807, 2.05) is 19.1 Å². The quantitative estimate of drug-likeness (QED) is 0.501. The SMILES string of the molecule is Cc1cncc(C(CSc2cccc(F)c2)NN)c1. The third-order valence-corrected chi connectivity index (χ3v) is 3.80. The molecule has 19 heavy (non-hydrogen) atoms. The Labute approximate surface area is 116 Å². The van der Waals surface area contributed by atoms with E-state index in [-0.39, 0.29) is 11.9 Å². The maximum atomic E-state index is 13.1. The van der Waals surface area contributed by atoms with Crippen LogP contribution in [0.4, 0.5) is 4.39 Å². The van der Waals surface area contributed by atoms with Crippen molar-refractivity contribution in [3.05, 3.63) is 59.7 Å². The first-order valence-corrected chi connectivity index (χ1v) is 6.93. The zero-order valence-corrected chi connectivity index (χ0v) is 11.5. The minimum absolute atomic E-state index is 0.0133. The van der Waals surface area contributed by atoms with E-state index in [0.717, 1.165) is 16.0 Å². The fourth-order valence-electron chi connectivity index (χ4n) is 1.75. The average Bonchev–Trinajstić information content (AvgIpc) is 2.40. The molecule has 1 unspecified atom stereocenters. The summed E-state index contributed by atoms with van der Waals surface area (Å²) in [6.07, 6.45) is 3.60. The number of pyridine rings is 1. The van der Waals surface area contributed by atoms with Gasteiger partial charge < -0.3 is 0 Å². The fraction of sp³-hybridized carbons (Fsp3) is 0.214. The molecule has 0 bridgehead atoms. The maximum Gasteiger partial charge on any atom is 0.124 e. The summed E-state index contributed by atoms with van der Waals surface area (Å²) in [6, 6.07) is 8.58. The maximum absolute atomic E-state index is 13.1. The van der Waals surface area contributed by atoms with Gasteiger partial charge in [0.25, 0.3) is 0 Å². The Bertz CT molecular complexity index is 548. The van der Waals surface area contributed by atoms with Crippen LogP contribution in [0.2, 0.25) is 0 Å². The first-order valence-electron chi connectivity index (χ1n) is 5.95. The van der Waals surface area contributed by atoms with Gasteiger partial charge >= 0.3 is 0 Å². The van der Waals surface area contributed by atoms with Crippen LogP contribution in [0.5, 0.6) is 0 Å². The lowest BCUT2D eigenvalue weighted by Gasteiger charge is -2.16. The molecule has 3 N–H and O–H groups in total. The summed E-state index contributed by atoms with van der Waals surface area (Å²) in [6.45, 7) is 1.99. The molecule has 0 spiro atoms. The molecule has 3 nitrogen and oxygen atoms in total. The molecule has 1 heterocycles. The van der Waals surface area contributed by atoms with Gasteiger partial charge in [0.1, 0.15) is 5.82 Å². The molecule has 1 atom stereocenters. The predicted octanol–water partition coefficient (Wildman–Crippen LogP) is 2.83. The Morgan fingerprint density at radius 3 is 2.89 bits per heavy atom. The monoisotopic (exact) mass is 277 g/mol. The van der Waals surface area contributed by atoms with Gasteiger partial charge in [-0.25, -0.2) is 4.39 Å². The van der Waals surface area contributed by atoms with Gasteiger partial charge in [0.2, 0.25) is 0 Å². The van der Waals surface area contributed by atoms with Gasteiger partial charge in [-0.15, -0.1) is 11.8 Å². The van der Waals surface area contributed by atoms with Gasteiger partial charge in [-0.2, -0.15) is 0 Å². The van der Waals surface area contributed by atoms with E-state index >= 15 is 0 Å². The average molecular weight is 277 g/mol. The lowest BCUT2D eigenvalue weighted by molar-refractivity contribution is 0.607. The van der Waals surface area contributed by atoms with Crippen LogP contribution in [0, 0.1) is 12.7 Å². The molecule has 1 aromatic heterocycles. The second kappa shape index (κ2) is 6.65. The van der Waals surface area contributed by atoms with E-state index in [0.29, 0.717) is 5.75 Å². The zero-order chi connectivity index (χ0) is 13.7. The smallest absolute Gasteiger partial charge is 0.124 e. The van der Waals surface area contributed by atoms with Crippen LogP contribution in [0.15, 0.2) is 47.6 Å². The molecule has 0 aliphatic carbocycles. The van der Waals surface area contributed by atoms with Crippen LogP contribution in [0.25, 0.3) is 0 Å². The van der Waals surface area contributed by atoms with Crippen molar-refractivity contribution in [2.45, 2.75) is 17.9 Å². The minimum atomic E-state index is -0.223. The first kappa shape index (κ1) is 14.0. The van der Waals surface area contributed by atoms with Crippen LogP contribution in [-0.4, -0.2) is 10.7 Å². The van der Waals surface area contributed by atoms with Crippen molar-refractivity contribution in [3.63, 3.8) is 0 Å². The molecule has 0 fully saturated rings. The van der Waals surface area contributed by atoms with Crippen LogP contribution in [-0.2, 0) is 0 Å². The fourth-order valence-corrected chi connectivity index (χ4v) is 2.76. The summed E-state index contributed by atoms with van der Waals surface area (Å²) in [7, 11) is 0. The molecular weight excluding hydrogens is 261 g/mol. The van der Waals surface area contributed by atoms with Gasteiger partial charge in [-0.05, 0) is 36.2 Å². The van der Waals surface area contributed by atoms with Crippen molar-refractivity contribution in [2.24, 2.45) is 5.84 Å². The van der Waals surface area contributed by atoms with E-state index in [1.165, 1.54) is 12.1 Å². The van der Waals surface area contributed by atoms with Crippen molar-refractivity contribution in [1.29, 1.82) is 0 Å². The highest BCUT2D eigenvalue weighted by atomic mass is 32.2. The first-order chi connectivity index (χ1) is 9.19. The molecule has 2 rings (SSSR count). The van der Waals surface area contributed by atoms with E-state index in [1.54, 1.807) is 30.2 Å². The van der Waals surface area contributed by atoms with Crippen molar-refractivity contribution in [3.8, 4) is 0 Å². The number of benzene rings is 1. The van der Waals surface area contributed by atoms with Crippen LogP contribution in [0.1, 0.15) is 17.2 Å². The number of halogens is 1. The number of hydrogen-bond donors (Lipinski definition) is 2. The van der Waals surface area contributed by atoms with Gasteiger partial charge in [0.15, 0.2) is 0 Å². The summed E-state index contributed by atoms with van der Waals surface area (Å²) >= 11 is 1.56. The van der Waals surface area contributed by atoms with Crippen molar-refractivity contribution in [2.75, 3.05) is 5.75 Å². The molecule has 100 valence electrons. The standard InChI is InChI=1S/C14H16FN3S/c1-10-5-11(8-17-7-10)14(18-16)9-19-13-4-2-3-12(15)6-13/h2-8,14,18H,9,16H2,1H3. The Morgan fingerprint density at radius 2 is 2.21 bits per heavy atom. The van der Waals surface area contributed by atoms with Gasteiger partial charge in [-0.3, -0.25) is 16.3 Å². The molecule has 2 aromatic rings. The van der Waals surface area contributed by atoms with Gasteiger partial charge in [0, 0.05) is 23.0 Å². The van der Waals surface area contributed by atoms with Crippen LogP contribution < -0.4 is 11.3 Å². The number of aryl methyl sites for hydroxylation is 1. The molecular formula is C14H16FN3S. The number of nitrogens with one attached hydrogen (secondary N) is 1. The summed E-state index contributed by atoms with van der Waals surface area (Å²) in [5.41, 5.74) is 4.90. The summed E-state index contributed by atoms with van der Waals surface area (Å²) in [5.74, 6) is 6.07. The lowest BCUT2D eigenvalue weighted by Crippen LogP contribution is -2.29. The predicted molar refractivity (Wildman–Crippen MR) is 76.2 cm³/mol. The topological polar surface area (TPSA) is 50.9 Å². The molecule has 0 saturated carbocycles. The summed E-state index contributed by atoms with van der Waals surface area (Å²) in [4.78, 5) is 5.05. The van der Waals surface area contributed by atoms with Crippen LogP contribution >= 0.6 is 11.8 Å². The number of nitrogens with two attached hydrogens (primary N) is 1. The third kappa shape index (κ3) is 4.02. The van der Waals surface area contributed by atoms with Crippen molar-refractivity contribution < 1.29 is 4.39 Å². The van der Waals surface area contributed by atoms with Gasteiger partial charge in [-0.1, -0.05) is 12.1 Å². The Kier molecular flexibility index (Phi) is 4.90. The normalized spacial score (nSPS) is 12.4. The number of thioether (sulfide) groups is 1. The molecule has 0 aliphatic rings. The van der Waals surface area contributed by atoms with E-state index < -0.39 is 0 Å². The van der Waals surface area contributed by atoms with Crippen molar-refractivity contribution >= 4 is 11.8 Å². The number of aromatic nitrogens is 1. The number of hydrogen-bond acceptors (Lipinski definition) is 4. The minimum Gasteiger partial charge on any atom is -0.271 e. The lowest BCUT2D eigenvalue weighted by atomic mass is 10.1. The molecule has 0 radical (unpaired) electrons. The highest BCUT2D eigenvalue weighted by molar-refractivity contribution is 7.99. The number of nitrogens with zero attached hydrogens (tertiary/aromatic N) is 1. The molecule has 0 amide bonds. The van der Waals surface area contributed by atoms with E-state index in [9.17, 15) is 4.39 Å². The Morgan fingerprint density at radius 1 is 1.37 bits per heavy atom. The van der Waals surface area contributed by atoms with E-state index in [2.05, 4.69) is 10.4 Å². The molecule has 1 aromatic carbocycles. The van der Waals surface area contributed by atoms with Gasteiger partial charge in [0.05, 0.1) is 6.04 Å². The number of rotatable bonds is 5. The molecule has 0 aliphatic heterocycles. The Balaban J connectivity index is 2.04. The largest absolute Gasteiger partial charge is 0.271 e. The highest BCUT2D eigenvalue weighted by Gasteiger charge is 2.11. The second-order valence-electron chi connectivity index (χ2n) is 4.28.